The first-order valence-corrected chi connectivity index (χ1v) is 7.59. The average Bonchev–Trinajstić information content (AvgIpc) is 2.00. The third kappa shape index (κ3) is 10.2. The van der Waals surface area contributed by atoms with Gasteiger partial charge in [0.05, 0.1) is 6.61 Å². The van der Waals surface area contributed by atoms with Crippen molar-refractivity contribution in [2.24, 2.45) is 0 Å². The van der Waals surface area contributed by atoms with Crippen molar-refractivity contribution in [3.8, 4) is 0 Å². The minimum absolute atomic E-state index is 0.283. The molecule has 0 radical (unpaired) electrons. The molecule has 0 fully saturated rings. The van der Waals surface area contributed by atoms with Gasteiger partial charge in [-0.2, -0.15) is 0 Å². The van der Waals surface area contributed by atoms with Gasteiger partial charge in [0.2, 0.25) is 8.03 Å². The molecule has 0 spiro atoms. The molecule has 0 aromatic rings. The number of rotatable bonds is 8. The summed E-state index contributed by atoms with van der Waals surface area (Å²) in [4.78, 5) is 16.9. The van der Waals surface area contributed by atoms with Crippen molar-refractivity contribution < 1.29 is 23.4 Å². The van der Waals surface area contributed by atoms with Crippen LogP contribution in [-0.2, 0) is 13.7 Å². The van der Waals surface area contributed by atoms with Crippen LogP contribution in [0.2, 0.25) is 0 Å². The van der Waals surface area contributed by atoms with Gasteiger partial charge in [-0.25, -0.2) is 0 Å². The summed E-state index contributed by atoms with van der Waals surface area (Å²) in [6.45, 7) is 3.83. The highest BCUT2D eigenvalue weighted by molar-refractivity contribution is 7.64. The van der Waals surface area contributed by atoms with E-state index in [4.69, 9.17) is 14.3 Å². The predicted molar refractivity (Wildman–Crippen MR) is 55.9 cm³/mol. The van der Waals surface area contributed by atoms with Crippen molar-refractivity contribution in [3.63, 3.8) is 0 Å². The molecule has 0 amide bonds. The Hall–Kier alpha value is 0.0800. The van der Waals surface area contributed by atoms with Crippen LogP contribution in [-0.4, -0.2) is 22.3 Å². The molecule has 0 aromatic carbocycles. The lowest BCUT2D eigenvalue weighted by atomic mass is 10.2. The fourth-order valence-electron chi connectivity index (χ4n) is 0.791. The maximum absolute atomic E-state index is 10.9. The van der Waals surface area contributed by atoms with Crippen LogP contribution in [0.15, 0.2) is 12.7 Å². The molecular weight excluding hydrogens is 226 g/mol. The molecule has 5 nitrogen and oxygen atoms in total. The fraction of sp³-hybridized carbons (Fsp3) is 0.714. The van der Waals surface area contributed by atoms with E-state index in [2.05, 4.69) is 6.58 Å². The molecule has 0 aliphatic heterocycles. The monoisotopic (exact) mass is 242 g/mol. The Morgan fingerprint density at radius 2 is 2.07 bits per heavy atom. The Morgan fingerprint density at radius 3 is 2.57 bits per heavy atom. The minimum atomic E-state index is -4.19. The SMILES string of the molecule is C=CCCCCO[PH](=O)CP(=O)(O)O. The molecule has 2 N–H and O–H groups in total. The summed E-state index contributed by atoms with van der Waals surface area (Å²) in [7, 11) is -6.76. The number of hydrogen-bond acceptors (Lipinski definition) is 3. The van der Waals surface area contributed by atoms with Gasteiger partial charge >= 0.3 is 7.60 Å². The van der Waals surface area contributed by atoms with Gasteiger partial charge in [0.1, 0.15) is 5.90 Å². The number of unbranched alkanes of at least 4 members (excludes halogenated alkanes) is 2. The summed E-state index contributed by atoms with van der Waals surface area (Å²) in [6.07, 6.45) is 4.25. The van der Waals surface area contributed by atoms with Gasteiger partial charge in [-0.1, -0.05) is 6.08 Å². The standard InChI is InChI=1S/C7H16O5P2/c1-2-3-4-5-6-12-13(8)7-14(9,10)11/h2,13H,1,3-7H2,(H2,9,10,11). The summed E-state index contributed by atoms with van der Waals surface area (Å²) >= 11 is 0. The van der Waals surface area contributed by atoms with E-state index in [-0.39, 0.29) is 6.61 Å². The third-order valence-corrected chi connectivity index (χ3v) is 4.61. The summed E-state index contributed by atoms with van der Waals surface area (Å²) in [5.41, 5.74) is 0. The topological polar surface area (TPSA) is 83.8 Å². The first-order valence-electron chi connectivity index (χ1n) is 4.27. The third-order valence-electron chi connectivity index (χ3n) is 1.40. The second-order valence-electron chi connectivity index (χ2n) is 2.83. The average molecular weight is 242 g/mol. The van der Waals surface area contributed by atoms with E-state index < -0.39 is 21.5 Å². The molecule has 14 heavy (non-hydrogen) atoms. The van der Waals surface area contributed by atoms with Gasteiger partial charge < -0.3 is 14.3 Å². The van der Waals surface area contributed by atoms with Crippen molar-refractivity contribution in [1.82, 2.24) is 0 Å². The van der Waals surface area contributed by atoms with Gasteiger partial charge in [0.15, 0.2) is 0 Å². The maximum atomic E-state index is 10.9. The predicted octanol–water partition coefficient (Wildman–Crippen LogP) is 1.97. The van der Waals surface area contributed by atoms with Gasteiger partial charge in [-0.05, 0) is 19.3 Å². The number of allylic oxidation sites excluding steroid dienone is 1. The Morgan fingerprint density at radius 1 is 1.43 bits per heavy atom. The van der Waals surface area contributed by atoms with E-state index in [1.807, 2.05) is 0 Å². The van der Waals surface area contributed by atoms with E-state index in [1.165, 1.54) is 0 Å². The molecule has 0 rings (SSSR count). The number of hydrogen-bond donors (Lipinski definition) is 2. The molecule has 0 aliphatic rings. The molecule has 0 bridgehead atoms. The zero-order chi connectivity index (χ0) is 11.0. The van der Waals surface area contributed by atoms with E-state index in [0.29, 0.717) is 0 Å². The van der Waals surface area contributed by atoms with Gasteiger partial charge in [-0.3, -0.25) is 9.13 Å². The highest BCUT2D eigenvalue weighted by Crippen LogP contribution is 2.45. The molecule has 1 unspecified atom stereocenters. The Labute approximate surface area is 84.2 Å². The van der Waals surface area contributed by atoms with E-state index in [9.17, 15) is 9.13 Å². The highest BCUT2D eigenvalue weighted by Gasteiger charge is 2.17. The molecule has 1 atom stereocenters. The van der Waals surface area contributed by atoms with E-state index in [1.54, 1.807) is 6.08 Å². The van der Waals surface area contributed by atoms with Crippen molar-refractivity contribution in [1.29, 1.82) is 0 Å². The lowest BCUT2D eigenvalue weighted by molar-refractivity contribution is 0.318. The summed E-state index contributed by atoms with van der Waals surface area (Å²) < 4.78 is 26.1. The van der Waals surface area contributed by atoms with Crippen LogP contribution in [0.3, 0.4) is 0 Å². The van der Waals surface area contributed by atoms with E-state index >= 15 is 0 Å². The molecule has 0 heterocycles. The minimum Gasteiger partial charge on any atom is -0.330 e. The fourth-order valence-corrected chi connectivity index (χ4v) is 2.87. The van der Waals surface area contributed by atoms with Crippen LogP contribution in [0.25, 0.3) is 0 Å². The van der Waals surface area contributed by atoms with Gasteiger partial charge in [0.25, 0.3) is 0 Å². The lowest BCUT2D eigenvalue weighted by Crippen LogP contribution is -1.89. The normalized spacial score (nSPS) is 13.9. The summed E-state index contributed by atoms with van der Waals surface area (Å²) in [5, 5.41) is 0. The van der Waals surface area contributed by atoms with Crippen molar-refractivity contribution in [2.45, 2.75) is 19.3 Å². The Balaban J connectivity index is 3.45. The molecule has 0 aromatic heterocycles. The van der Waals surface area contributed by atoms with Crippen molar-refractivity contribution >= 4 is 15.6 Å². The highest BCUT2D eigenvalue weighted by atomic mass is 31.2. The van der Waals surface area contributed by atoms with Gasteiger partial charge in [0, 0.05) is 0 Å². The quantitative estimate of drug-likeness (QED) is 0.386. The molecule has 0 saturated carbocycles. The van der Waals surface area contributed by atoms with Crippen LogP contribution in [0, 0.1) is 0 Å². The largest absolute Gasteiger partial charge is 0.334 e. The summed E-state index contributed by atoms with van der Waals surface area (Å²) in [5.74, 6) is -0.654. The molecule has 7 heteroatoms. The molecule has 0 saturated heterocycles. The van der Waals surface area contributed by atoms with Crippen LogP contribution >= 0.6 is 15.6 Å². The van der Waals surface area contributed by atoms with Crippen LogP contribution in [0.1, 0.15) is 19.3 Å². The summed E-state index contributed by atoms with van der Waals surface area (Å²) in [6, 6.07) is 0. The Kier molecular flexibility index (Phi) is 7.42. The molecule has 84 valence electrons. The van der Waals surface area contributed by atoms with Crippen molar-refractivity contribution in [2.75, 3.05) is 12.5 Å². The lowest BCUT2D eigenvalue weighted by Gasteiger charge is -2.04. The van der Waals surface area contributed by atoms with Gasteiger partial charge in [-0.15, -0.1) is 6.58 Å². The molecular formula is C7H16O5P2. The van der Waals surface area contributed by atoms with Crippen LogP contribution in [0.4, 0.5) is 0 Å². The second-order valence-corrected chi connectivity index (χ2v) is 6.45. The smallest absolute Gasteiger partial charge is 0.330 e. The zero-order valence-corrected chi connectivity index (χ0v) is 9.78. The first kappa shape index (κ1) is 14.1. The Bertz CT molecular complexity index is 234. The maximum Gasteiger partial charge on any atom is 0.334 e. The van der Waals surface area contributed by atoms with Crippen LogP contribution in [0.5, 0.6) is 0 Å². The zero-order valence-electron chi connectivity index (χ0n) is 7.89. The second kappa shape index (κ2) is 7.38. The van der Waals surface area contributed by atoms with E-state index in [0.717, 1.165) is 19.3 Å². The molecule has 0 aliphatic carbocycles. The van der Waals surface area contributed by atoms with Crippen LogP contribution < -0.4 is 0 Å². The van der Waals surface area contributed by atoms with Crippen molar-refractivity contribution in [3.05, 3.63) is 12.7 Å². The first-order chi connectivity index (χ1) is 6.45.